The number of carbonyl (C=O) groups excluding carboxylic acids is 1. The van der Waals surface area contributed by atoms with Gasteiger partial charge in [-0.15, -0.1) is 0 Å². The van der Waals surface area contributed by atoms with Crippen LogP contribution >= 0.6 is 0 Å². The van der Waals surface area contributed by atoms with Gasteiger partial charge in [-0.1, -0.05) is 48.8 Å². The van der Waals surface area contributed by atoms with Gasteiger partial charge in [-0.25, -0.2) is 4.79 Å². The van der Waals surface area contributed by atoms with Crippen LogP contribution in [0.2, 0.25) is 0 Å². The van der Waals surface area contributed by atoms with Crippen LogP contribution in [0.1, 0.15) is 50.7 Å². The lowest BCUT2D eigenvalue weighted by Gasteiger charge is -2.28. The van der Waals surface area contributed by atoms with Gasteiger partial charge in [-0.05, 0) is 56.5 Å². The number of hydrogen-bond donors (Lipinski definition) is 0. The van der Waals surface area contributed by atoms with Gasteiger partial charge < -0.3 is 18.9 Å². The quantitative estimate of drug-likeness (QED) is 0.421. The van der Waals surface area contributed by atoms with E-state index in [0.717, 1.165) is 11.1 Å². The van der Waals surface area contributed by atoms with Crippen LogP contribution in [0, 0.1) is 12.8 Å². The Morgan fingerprint density at radius 3 is 2.38 bits per heavy atom. The first-order valence-corrected chi connectivity index (χ1v) is 10.9. The second kappa shape index (κ2) is 10.8. The summed E-state index contributed by atoms with van der Waals surface area (Å²) in [4.78, 5) is 18.5. The van der Waals surface area contributed by atoms with E-state index in [-0.39, 0.29) is 18.7 Å². The first-order chi connectivity index (χ1) is 15.4. The van der Waals surface area contributed by atoms with Gasteiger partial charge >= 0.3 is 6.09 Å². The van der Waals surface area contributed by atoms with Gasteiger partial charge in [0, 0.05) is 12.1 Å². The molecular formula is C25H31N3O4. The molecule has 3 aromatic rings. The lowest BCUT2D eigenvalue weighted by atomic mass is 10.1. The Bertz CT molecular complexity index is 997. The van der Waals surface area contributed by atoms with Crippen molar-refractivity contribution in [3.05, 3.63) is 65.5 Å². The van der Waals surface area contributed by atoms with Gasteiger partial charge in [0.25, 0.3) is 5.89 Å². The molecule has 1 heterocycles. The Kier molecular flexibility index (Phi) is 7.87. The minimum Gasteiger partial charge on any atom is -0.485 e. The molecule has 1 amide bonds. The summed E-state index contributed by atoms with van der Waals surface area (Å²) in [5, 5.41) is 3.99. The molecule has 0 aliphatic heterocycles. The fraction of sp³-hybridized carbons (Fsp3) is 0.400. The SMILES string of the molecule is CCN(C(=O)OCC(C)C)[C@H](C)c1ccc(OCc2noc(-c3ccc(C)cc3)n2)cc1. The lowest BCUT2D eigenvalue weighted by Crippen LogP contribution is -2.34. The first kappa shape index (κ1) is 23.3. The van der Waals surface area contributed by atoms with Crippen molar-refractivity contribution in [2.45, 2.75) is 47.3 Å². The van der Waals surface area contributed by atoms with Crippen LogP contribution < -0.4 is 4.74 Å². The summed E-state index contributed by atoms with van der Waals surface area (Å²) >= 11 is 0. The Morgan fingerprint density at radius 1 is 1.06 bits per heavy atom. The fourth-order valence-electron chi connectivity index (χ4n) is 3.18. The molecule has 0 fully saturated rings. The summed E-state index contributed by atoms with van der Waals surface area (Å²) in [6.45, 7) is 11.2. The molecule has 0 bridgehead atoms. The number of aryl methyl sites for hydroxylation is 1. The van der Waals surface area contributed by atoms with E-state index in [1.165, 1.54) is 5.56 Å². The molecule has 0 unspecified atom stereocenters. The average Bonchev–Trinajstić information content (AvgIpc) is 3.26. The van der Waals surface area contributed by atoms with Crippen LogP contribution in [-0.4, -0.2) is 34.3 Å². The Morgan fingerprint density at radius 2 is 1.75 bits per heavy atom. The lowest BCUT2D eigenvalue weighted by molar-refractivity contribution is 0.0816. The highest BCUT2D eigenvalue weighted by Crippen LogP contribution is 2.24. The standard InChI is InChI=1S/C25H31N3O4/c1-6-28(25(29)31-15-17(2)3)19(5)20-11-13-22(14-12-20)30-16-23-26-24(32-27-23)21-9-7-18(4)8-10-21/h7-14,17,19H,6,15-16H2,1-5H3/t19-/m1/s1. The number of nitrogens with zero attached hydrogens (tertiary/aromatic N) is 3. The molecule has 0 saturated heterocycles. The molecule has 32 heavy (non-hydrogen) atoms. The van der Waals surface area contributed by atoms with E-state index in [2.05, 4.69) is 10.1 Å². The van der Waals surface area contributed by atoms with Crippen molar-refractivity contribution in [2.24, 2.45) is 5.92 Å². The maximum Gasteiger partial charge on any atom is 0.410 e. The van der Waals surface area contributed by atoms with Crippen LogP contribution in [0.25, 0.3) is 11.5 Å². The van der Waals surface area contributed by atoms with Crippen LogP contribution in [0.15, 0.2) is 53.1 Å². The molecule has 7 nitrogen and oxygen atoms in total. The molecule has 0 aliphatic rings. The van der Waals surface area contributed by atoms with E-state index in [0.29, 0.717) is 36.5 Å². The topological polar surface area (TPSA) is 77.7 Å². The third-order valence-corrected chi connectivity index (χ3v) is 5.08. The van der Waals surface area contributed by atoms with Crippen molar-refractivity contribution < 1.29 is 18.8 Å². The van der Waals surface area contributed by atoms with Crippen molar-refractivity contribution in [3.63, 3.8) is 0 Å². The monoisotopic (exact) mass is 437 g/mol. The average molecular weight is 438 g/mol. The van der Waals surface area contributed by atoms with Crippen molar-refractivity contribution in [3.8, 4) is 17.2 Å². The van der Waals surface area contributed by atoms with E-state index < -0.39 is 0 Å². The number of benzene rings is 2. The summed E-state index contributed by atoms with van der Waals surface area (Å²) in [5.74, 6) is 1.93. The highest BCUT2D eigenvalue weighted by Gasteiger charge is 2.21. The third kappa shape index (κ3) is 6.09. The minimum absolute atomic E-state index is 0.108. The molecule has 3 rings (SSSR count). The summed E-state index contributed by atoms with van der Waals surface area (Å²) < 4.78 is 16.5. The van der Waals surface area contributed by atoms with Gasteiger partial charge in [0.1, 0.15) is 5.75 Å². The predicted octanol–water partition coefficient (Wildman–Crippen LogP) is 5.80. The molecule has 0 spiro atoms. The molecule has 0 N–H and O–H groups in total. The van der Waals surface area contributed by atoms with E-state index in [4.69, 9.17) is 14.0 Å². The number of rotatable bonds is 9. The van der Waals surface area contributed by atoms with Crippen molar-refractivity contribution in [2.75, 3.05) is 13.2 Å². The largest absolute Gasteiger partial charge is 0.485 e. The molecule has 0 saturated carbocycles. The maximum absolute atomic E-state index is 12.4. The van der Waals surface area contributed by atoms with Crippen LogP contribution in [0.5, 0.6) is 5.75 Å². The fourth-order valence-corrected chi connectivity index (χ4v) is 3.18. The zero-order chi connectivity index (χ0) is 23.1. The molecule has 170 valence electrons. The Balaban J connectivity index is 1.57. The van der Waals surface area contributed by atoms with Crippen molar-refractivity contribution >= 4 is 6.09 Å². The predicted molar refractivity (Wildman–Crippen MR) is 122 cm³/mol. The Labute approximate surface area is 189 Å². The molecule has 0 radical (unpaired) electrons. The molecule has 7 heteroatoms. The highest BCUT2D eigenvalue weighted by molar-refractivity contribution is 5.68. The number of carbonyl (C=O) groups is 1. The normalized spacial score (nSPS) is 11.9. The van der Waals surface area contributed by atoms with Gasteiger partial charge in [-0.3, -0.25) is 0 Å². The van der Waals surface area contributed by atoms with Crippen LogP contribution in [-0.2, 0) is 11.3 Å². The molecule has 1 atom stereocenters. The van der Waals surface area contributed by atoms with Gasteiger partial charge in [-0.2, -0.15) is 4.98 Å². The maximum atomic E-state index is 12.4. The van der Waals surface area contributed by atoms with Gasteiger partial charge in [0.05, 0.1) is 12.6 Å². The van der Waals surface area contributed by atoms with Crippen LogP contribution in [0.4, 0.5) is 4.79 Å². The second-order valence-corrected chi connectivity index (χ2v) is 8.17. The summed E-state index contributed by atoms with van der Waals surface area (Å²) in [6, 6.07) is 15.4. The molecular weight excluding hydrogens is 406 g/mol. The van der Waals surface area contributed by atoms with Crippen LogP contribution in [0.3, 0.4) is 0 Å². The van der Waals surface area contributed by atoms with Gasteiger partial charge in [0.2, 0.25) is 5.82 Å². The number of ether oxygens (including phenoxy) is 2. The van der Waals surface area contributed by atoms with Crippen molar-refractivity contribution in [1.82, 2.24) is 15.0 Å². The molecule has 0 aliphatic carbocycles. The molecule has 2 aromatic carbocycles. The van der Waals surface area contributed by atoms with E-state index >= 15 is 0 Å². The minimum atomic E-state index is -0.296. The molecule has 1 aromatic heterocycles. The zero-order valence-electron chi connectivity index (χ0n) is 19.4. The van der Waals surface area contributed by atoms with E-state index in [1.54, 1.807) is 4.90 Å². The summed E-state index contributed by atoms with van der Waals surface area (Å²) in [5.41, 5.74) is 3.05. The van der Waals surface area contributed by atoms with Gasteiger partial charge in [0.15, 0.2) is 6.61 Å². The Hall–Kier alpha value is -3.35. The van der Waals surface area contributed by atoms with E-state index in [1.807, 2.05) is 83.1 Å². The van der Waals surface area contributed by atoms with Crippen molar-refractivity contribution in [1.29, 1.82) is 0 Å². The first-order valence-electron chi connectivity index (χ1n) is 10.9. The highest BCUT2D eigenvalue weighted by atomic mass is 16.6. The van der Waals surface area contributed by atoms with E-state index in [9.17, 15) is 4.79 Å². The smallest absolute Gasteiger partial charge is 0.410 e. The number of hydrogen-bond acceptors (Lipinski definition) is 6. The second-order valence-electron chi connectivity index (χ2n) is 8.17. The number of aromatic nitrogens is 2. The summed E-state index contributed by atoms with van der Waals surface area (Å²) in [7, 11) is 0. The summed E-state index contributed by atoms with van der Waals surface area (Å²) in [6.07, 6.45) is -0.296. The third-order valence-electron chi connectivity index (χ3n) is 5.08. The zero-order valence-corrected chi connectivity index (χ0v) is 19.4. The number of amides is 1.